The van der Waals surface area contributed by atoms with Crippen LogP contribution < -0.4 is 10.6 Å². The van der Waals surface area contributed by atoms with Crippen molar-refractivity contribution in [2.24, 2.45) is 0 Å². The highest BCUT2D eigenvalue weighted by molar-refractivity contribution is 6.06. The number of carboxylic acid groups (broad SMARTS) is 1. The van der Waals surface area contributed by atoms with Crippen molar-refractivity contribution in [3.63, 3.8) is 0 Å². The van der Waals surface area contributed by atoms with Crippen molar-refractivity contribution in [2.75, 3.05) is 6.54 Å². The van der Waals surface area contributed by atoms with E-state index in [2.05, 4.69) is 10.6 Å². The zero-order valence-electron chi connectivity index (χ0n) is 12.0. The highest BCUT2D eigenvalue weighted by Gasteiger charge is 2.44. The van der Waals surface area contributed by atoms with Crippen molar-refractivity contribution in [1.82, 2.24) is 15.5 Å². The van der Waals surface area contributed by atoms with E-state index in [4.69, 9.17) is 5.11 Å². The van der Waals surface area contributed by atoms with Gasteiger partial charge in [0.25, 0.3) is 5.91 Å². The lowest BCUT2D eigenvalue weighted by Gasteiger charge is -2.18. The quantitative estimate of drug-likeness (QED) is 0.448. The molecule has 0 saturated carbocycles. The van der Waals surface area contributed by atoms with Gasteiger partial charge < -0.3 is 20.8 Å². The van der Waals surface area contributed by atoms with Crippen LogP contribution in [0.2, 0.25) is 0 Å². The van der Waals surface area contributed by atoms with E-state index in [-0.39, 0.29) is 13.0 Å². The number of nitrogens with zero attached hydrogens (tertiary/aromatic N) is 1. The fraction of sp³-hybridized carbons (Fsp3) is 0.667. The van der Waals surface area contributed by atoms with Gasteiger partial charge in [0.15, 0.2) is 6.04 Å². The van der Waals surface area contributed by atoms with Crippen LogP contribution in [0.1, 0.15) is 27.2 Å². The molecule has 4 amide bonds. The number of hydrogen-bond acceptors (Lipinski definition) is 5. The van der Waals surface area contributed by atoms with Crippen molar-refractivity contribution >= 4 is 23.8 Å². The van der Waals surface area contributed by atoms with Crippen molar-refractivity contribution in [3.05, 3.63) is 0 Å². The SMILES string of the molecule is CC(O)C(NC(=O)CCN1C(=O)NC(C)(C)C1=O)C(=O)O. The third kappa shape index (κ3) is 3.91. The summed E-state index contributed by atoms with van der Waals surface area (Å²) in [6.07, 6.45) is -1.51. The van der Waals surface area contributed by atoms with Crippen LogP contribution in [-0.2, 0) is 14.4 Å². The van der Waals surface area contributed by atoms with E-state index in [0.717, 1.165) is 4.90 Å². The van der Waals surface area contributed by atoms with Gasteiger partial charge >= 0.3 is 12.0 Å². The molecule has 1 aliphatic rings. The topological polar surface area (TPSA) is 136 Å². The molecule has 1 fully saturated rings. The minimum atomic E-state index is -1.43. The first-order chi connectivity index (χ1) is 9.56. The van der Waals surface area contributed by atoms with E-state index in [1.807, 2.05) is 0 Å². The van der Waals surface area contributed by atoms with E-state index in [9.17, 15) is 24.3 Å². The Balaban J connectivity index is 2.56. The Morgan fingerprint density at radius 3 is 2.33 bits per heavy atom. The van der Waals surface area contributed by atoms with Crippen molar-refractivity contribution in [2.45, 2.75) is 44.9 Å². The van der Waals surface area contributed by atoms with Gasteiger partial charge in [-0.15, -0.1) is 0 Å². The second-order valence-corrected chi connectivity index (χ2v) is 5.39. The monoisotopic (exact) mass is 301 g/mol. The van der Waals surface area contributed by atoms with E-state index >= 15 is 0 Å². The molecule has 0 aliphatic carbocycles. The summed E-state index contributed by atoms with van der Waals surface area (Å²) in [7, 11) is 0. The first kappa shape index (κ1) is 16.9. The first-order valence-corrected chi connectivity index (χ1v) is 6.40. The summed E-state index contributed by atoms with van der Waals surface area (Å²) in [6.45, 7) is 4.16. The Morgan fingerprint density at radius 1 is 1.38 bits per heavy atom. The maximum atomic E-state index is 11.9. The Labute approximate surface area is 121 Å². The van der Waals surface area contributed by atoms with E-state index in [1.165, 1.54) is 6.92 Å². The molecule has 1 rings (SSSR count). The number of amides is 4. The number of urea groups is 1. The molecule has 0 aromatic carbocycles. The van der Waals surface area contributed by atoms with E-state index in [0.29, 0.717) is 0 Å². The number of hydrogen-bond donors (Lipinski definition) is 4. The molecule has 9 nitrogen and oxygen atoms in total. The number of imide groups is 1. The van der Waals surface area contributed by atoms with Crippen molar-refractivity contribution < 1.29 is 29.4 Å². The van der Waals surface area contributed by atoms with Gasteiger partial charge in [0.1, 0.15) is 5.54 Å². The molecule has 1 heterocycles. The van der Waals surface area contributed by atoms with Gasteiger partial charge in [0.2, 0.25) is 5.91 Å². The molecule has 1 aliphatic heterocycles. The summed E-state index contributed by atoms with van der Waals surface area (Å²) in [6, 6.07) is -2.03. The average molecular weight is 301 g/mol. The van der Waals surface area contributed by atoms with Gasteiger partial charge in [-0.1, -0.05) is 0 Å². The molecular weight excluding hydrogens is 282 g/mol. The lowest BCUT2D eigenvalue weighted by molar-refractivity contribution is -0.145. The van der Waals surface area contributed by atoms with Crippen LogP contribution in [0.3, 0.4) is 0 Å². The van der Waals surface area contributed by atoms with Crippen LogP contribution in [0, 0.1) is 0 Å². The molecule has 0 aromatic heterocycles. The molecule has 21 heavy (non-hydrogen) atoms. The Kier molecular flexibility index (Phi) is 4.89. The number of aliphatic carboxylic acids is 1. The summed E-state index contributed by atoms with van der Waals surface area (Å²) in [5, 5.41) is 22.7. The number of rotatable bonds is 6. The third-order valence-electron chi connectivity index (χ3n) is 3.07. The molecular formula is C12H19N3O6. The average Bonchev–Trinajstić information content (AvgIpc) is 2.52. The molecule has 0 aromatic rings. The number of carbonyl (C=O) groups is 4. The summed E-state index contributed by atoms with van der Waals surface area (Å²) in [4.78, 5) is 46.8. The molecule has 4 N–H and O–H groups in total. The minimum absolute atomic E-state index is 0.161. The summed E-state index contributed by atoms with van der Waals surface area (Å²) < 4.78 is 0. The molecule has 118 valence electrons. The fourth-order valence-electron chi connectivity index (χ4n) is 1.87. The van der Waals surface area contributed by atoms with Crippen LogP contribution in [-0.4, -0.2) is 63.2 Å². The zero-order chi connectivity index (χ0) is 16.4. The smallest absolute Gasteiger partial charge is 0.328 e. The standard InChI is InChI=1S/C12H19N3O6/c1-6(16)8(9(18)19)13-7(17)4-5-15-10(20)12(2,3)14-11(15)21/h6,8,16H,4-5H2,1-3H3,(H,13,17)(H,14,21)(H,18,19). The Hall–Kier alpha value is -2.16. The highest BCUT2D eigenvalue weighted by Crippen LogP contribution is 2.16. The second-order valence-electron chi connectivity index (χ2n) is 5.39. The maximum absolute atomic E-state index is 11.9. The molecule has 0 radical (unpaired) electrons. The highest BCUT2D eigenvalue weighted by atomic mass is 16.4. The predicted octanol–water partition coefficient (Wildman–Crippen LogP) is -1.34. The summed E-state index contributed by atoms with van der Waals surface area (Å²) >= 11 is 0. The van der Waals surface area contributed by atoms with E-state index < -0.39 is 41.5 Å². The van der Waals surface area contributed by atoms with Crippen LogP contribution in [0.4, 0.5) is 4.79 Å². The van der Waals surface area contributed by atoms with Gasteiger partial charge in [-0.05, 0) is 20.8 Å². The Morgan fingerprint density at radius 2 is 1.95 bits per heavy atom. The minimum Gasteiger partial charge on any atom is -0.480 e. The second kappa shape index (κ2) is 6.08. The number of aliphatic hydroxyl groups is 1. The molecule has 0 bridgehead atoms. The van der Waals surface area contributed by atoms with Crippen molar-refractivity contribution in [1.29, 1.82) is 0 Å². The fourth-order valence-corrected chi connectivity index (χ4v) is 1.87. The first-order valence-electron chi connectivity index (χ1n) is 6.40. The van der Waals surface area contributed by atoms with Crippen LogP contribution in [0.5, 0.6) is 0 Å². The van der Waals surface area contributed by atoms with Gasteiger partial charge in [0.05, 0.1) is 6.10 Å². The lowest BCUT2D eigenvalue weighted by Crippen LogP contribution is -2.48. The molecule has 2 atom stereocenters. The van der Waals surface area contributed by atoms with E-state index in [1.54, 1.807) is 13.8 Å². The van der Waals surface area contributed by atoms with Gasteiger partial charge in [-0.3, -0.25) is 14.5 Å². The third-order valence-corrected chi connectivity index (χ3v) is 3.07. The van der Waals surface area contributed by atoms with Crippen LogP contribution >= 0.6 is 0 Å². The number of nitrogens with one attached hydrogen (secondary N) is 2. The van der Waals surface area contributed by atoms with Gasteiger partial charge in [-0.25, -0.2) is 9.59 Å². The molecule has 2 unspecified atom stereocenters. The van der Waals surface area contributed by atoms with Gasteiger partial charge in [-0.2, -0.15) is 0 Å². The zero-order valence-corrected chi connectivity index (χ0v) is 12.0. The number of carboxylic acids is 1. The molecule has 1 saturated heterocycles. The van der Waals surface area contributed by atoms with Crippen molar-refractivity contribution in [3.8, 4) is 0 Å². The largest absolute Gasteiger partial charge is 0.480 e. The maximum Gasteiger partial charge on any atom is 0.328 e. The molecule has 0 spiro atoms. The number of carbonyl (C=O) groups excluding carboxylic acids is 3. The summed E-state index contributed by atoms with van der Waals surface area (Å²) in [5.41, 5.74) is -1.02. The van der Waals surface area contributed by atoms with Gasteiger partial charge in [0, 0.05) is 13.0 Å². The lowest BCUT2D eigenvalue weighted by atomic mass is 10.1. The summed E-state index contributed by atoms with van der Waals surface area (Å²) in [5.74, 6) is -2.49. The Bertz CT molecular complexity index is 474. The normalized spacial score (nSPS) is 19.9. The predicted molar refractivity (Wildman–Crippen MR) is 70.2 cm³/mol. The van der Waals surface area contributed by atoms with Crippen LogP contribution in [0.15, 0.2) is 0 Å². The number of aliphatic hydroxyl groups excluding tert-OH is 1. The molecule has 9 heteroatoms. The van der Waals surface area contributed by atoms with Crippen LogP contribution in [0.25, 0.3) is 0 Å².